The van der Waals surface area contributed by atoms with Gasteiger partial charge in [0.1, 0.15) is 6.33 Å². The van der Waals surface area contributed by atoms with Gasteiger partial charge in [-0.3, -0.25) is 0 Å². The zero-order chi connectivity index (χ0) is 20.7. The largest absolute Gasteiger partial charge is 0.493 e. The van der Waals surface area contributed by atoms with Gasteiger partial charge in [-0.05, 0) is 24.3 Å². The first-order valence-electron chi connectivity index (χ1n) is 9.18. The van der Waals surface area contributed by atoms with E-state index in [2.05, 4.69) is 15.2 Å². The normalized spacial score (nSPS) is 11.2. The van der Waals surface area contributed by atoms with Crippen molar-refractivity contribution in [3.8, 4) is 34.3 Å². The highest BCUT2D eigenvalue weighted by Crippen LogP contribution is 2.40. The lowest BCUT2D eigenvalue weighted by Crippen LogP contribution is -1.98. The number of para-hydroxylation sites is 1. The molecule has 9 heteroatoms. The number of nitrogens with zero attached hydrogens (tertiary/aromatic N) is 6. The molecule has 0 aliphatic rings. The van der Waals surface area contributed by atoms with Crippen LogP contribution in [0.5, 0.6) is 17.2 Å². The Bertz CT molecular complexity index is 1330. The number of hydrogen-bond acceptors (Lipinski definition) is 7. The van der Waals surface area contributed by atoms with Crippen LogP contribution in [0.4, 0.5) is 0 Å². The molecular weight excluding hydrogens is 384 g/mol. The van der Waals surface area contributed by atoms with Crippen molar-refractivity contribution in [1.82, 2.24) is 29.4 Å². The van der Waals surface area contributed by atoms with Crippen molar-refractivity contribution in [2.24, 2.45) is 0 Å². The molecule has 0 amide bonds. The second-order valence-corrected chi connectivity index (χ2v) is 6.49. The third kappa shape index (κ3) is 2.71. The van der Waals surface area contributed by atoms with Crippen molar-refractivity contribution < 1.29 is 14.2 Å². The molecule has 3 heterocycles. The summed E-state index contributed by atoms with van der Waals surface area (Å²) >= 11 is 0. The highest BCUT2D eigenvalue weighted by molar-refractivity contribution is 5.90. The molecular formula is C21H18N6O3. The molecule has 0 unspecified atom stereocenters. The maximum atomic E-state index is 5.44. The minimum Gasteiger partial charge on any atom is -0.493 e. The summed E-state index contributed by atoms with van der Waals surface area (Å²) in [6.07, 6.45) is 3.38. The van der Waals surface area contributed by atoms with Crippen LogP contribution >= 0.6 is 0 Å². The van der Waals surface area contributed by atoms with E-state index < -0.39 is 0 Å². The van der Waals surface area contributed by atoms with Gasteiger partial charge in [-0.25, -0.2) is 19.2 Å². The monoisotopic (exact) mass is 402 g/mol. The molecule has 0 N–H and O–H groups in total. The molecule has 0 atom stereocenters. The van der Waals surface area contributed by atoms with Gasteiger partial charge in [-0.15, -0.1) is 5.10 Å². The van der Waals surface area contributed by atoms with Gasteiger partial charge in [0.2, 0.25) is 5.75 Å². The Morgan fingerprint density at radius 2 is 1.60 bits per heavy atom. The van der Waals surface area contributed by atoms with E-state index in [1.54, 1.807) is 43.1 Å². The van der Waals surface area contributed by atoms with Crippen molar-refractivity contribution in [1.29, 1.82) is 0 Å². The molecule has 0 aliphatic heterocycles. The standard InChI is InChI=1S/C21H18N6O3/c1-28-16-9-13(10-17(29-2)18(16)30-3)19-24-21-15-11-23-27(14-7-5-4-6-8-14)20(15)22-12-26(21)25-19/h4-12H,1-3H3. The van der Waals surface area contributed by atoms with Gasteiger partial charge in [-0.2, -0.15) is 5.10 Å². The van der Waals surface area contributed by atoms with Crippen molar-refractivity contribution in [2.75, 3.05) is 21.3 Å². The third-order valence-corrected chi connectivity index (χ3v) is 4.83. The molecule has 0 bridgehead atoms. The summed E-state index contributed by atoms with van der Waals surface area (Å²) in [7, 11) is 4.71. The molecule has 30 heavy (non-hydrogen) atoms. The van der Waals surface area contributed by atoms with E-state index in [0.29, 0.717) is 34.4 Å². The number of benzene rings is 2. The average molecular weight is 402 g/mol. The minimum absolute atomic E-state index is 0.510. The predicted octanol–water partition coefficient (Wildman–Crippen LogP) is 3.16. The van der Waals surface area contributed by atoms with Gasteiger partial charge in [0.25, 0.3) is 0 Å². The molecule has 0 radical (unpaired) electrons. The van der Waals surface area contributed by atoms with Crippen molar-refractivity contribution >= 4 is 16.7 Å². The quantitative estimate of drug-likeness (QED) is 0.446. The molecule has 9 nitrogen and oxygen atoms in total. The number of ether oxygens (including phenoxy) is 3. The Hall–Kier alpha value is -4.14. The Morgan fingerprint density at radius 1 is 0.867 bits per heavy atom. The molecule has 150 valence electrons. The molecule has 0 fully saturated rings. The number of rotatable bonds is 5. The molecule has 5 rings (SSSR count). The molecule has 3 aromatic heterocycles. The van der Waals surface area contributed by atoms with Crippen LogP contribution < -0.4 is 14.2 Å². The number of hydrogen-bond donors (Lipinski definition) is 0. The number of aromatic nitrogens is 6. The van der Waals surface area contributed by atoms with Crippen LogP contribution in [0.1, 0.15) is 0 Å². The maximum Gasteiger partial charge on any atom is 0.203 e. The van der Waals surface area contributed by atoms with E-state index in [-0.39, 0.29) is 0 Å². The van der Waals surface area contributed by atoms with E-state index in [4.69, 9.17) is 19.2 Å². The second kappa shape index (κ2) is 7.03. The van der Waals surface area contributed by atoms with E-state index >= 15 is 0 Å². The summed E-state index contributed by atoms with van der Waals surface area (Å²) in [5, 5.41) is 9.87. The highest BCUT2D eigenvalue weighted by Gasteiger charge is 2.18. The molecule has 2 aromatic carbocycles. The fraction of sp³-hybridized carbons (Fsp3) is 0.143. The topological polar surface area (TPSA) is 88.6 Å². The smallest absolute Gasteiger partial charge is 0.203 e. The van der Waals surface area contributed by atoms with Crippen LogP contribution in [-0.4, -0.2) is 50.7 Å². The SMILES string of the molecule is COc1cc(-c2nc3c4cnn(-c5ccccc5)c4ncn3n2)cc(OC)c1OC. The average Bonchev–Trinajstić information content (AvgIpc) is 3.42. The predicted molar refractivity (Wildman–Crippen MR) is 111 cm³/mol. The minimum atomic E-state index is 0.510. The molecule has 5 aromatic rings. The number of methoxy groups -OCH3 is 3. The van der Waals surface area contributed by atoms with Gasteiger partial charge in [0, 0.05) is 5.56 Å². The Morgan fingerprint density at radius 3 is 2.27 bits per heavy atom. The molecule has 0 spiro atoms. The summed E-state index contributed by atoms with van der Waals surface area (Å²) in [6, 6.07) is 13.5. The zero-order valence-electron chi connectivity index (χ0n) is 16.6. The molecule has 0 saturated carbocycles. The first-order valence-corrected chi connectivity index (χ1v) is 9.18. The van der Waals surface area contributed by atoms with Gasteiger partial charge in [0.05, 0.1) is 38.6 Å². The fourth-order valence-electron chi connectivity index (χ4n) is 3.41. The highest BCUT2D eigenvalue weighted by atomic mass is 16.5. The fourth-order valence-corrected chi connectivity index (χ4v) is 3.41. The Labute approximate surface area is 171 Å². The Kier molecular flexibility index (Phi) is 4.20. The first kappa shape index (κ1) is 17.9. The van der Waals surface area contributed by atoms with Gasteiger partial charge in [0.15, 0.2) is 28.6 Å². The lowest BCUT2D eigenvalue weighted by atomic mass is 10.1. The summed E-state index contributed by atoms with van der Waals surface area (Å²) in [5.41, 5.74) is 3.02. The summed E-state index contributed by atoms with van der Waals surface area (Å²) < 4.78 is 19.7. The van der Waals surface area contributed by atoms with Crippen molar-refractivity contribution in [2.45, 2.75) is 0 Å². The second-order valence-electron chi connectivity index (χ2n) is 6.49. The first-order chi connectivity index (χ1) is 14.7. The lowest BCUT2D eigenvalue weighted by molar-refractivity contribution is 0.324. The van der Waals surface area contributed by atoms with Crippen LogP contribution in [0.2, 0.25) is 0 Å². The van der Waals surface area contributed by atoms with Crippen LogP contribution in [0, 0.1) is 0 Å². The van der Waals surface area contributed by atoms with E-state index in [9.17, 15) is 0 Å². The van der Waals surface area contributed by atoms with Crippen LogP contribution in [0.25, 0.3) is 33.8 Å². The lowest BCUT2D eigenvalue weighted by Gasteiger charge is -2.12. The summed E-state index contributed by atoms with van der Waals surface area (Å²) in [6.45, 7) is 0. The summed E-state index contributed by atoms with van der Waals surface area (Å²) in [5.74, 6) is 2.09. The van der Waals surface area contributed by atoms with E-state index in [1.807, 2.05) is 42.5 Å². The van der Waals surface area contributed by atoms with Gasteiger partial charge >= 0.3 is 0 Å². The molecule has 0 aliphatic carbocycles. The van der Waals surface area contributed by atoms with E-state index in [1.165, 1.54) is 0 Å². The van der Waals surface area contributed by atoms with Crippen molar-refractivity contribution in [3.63, 3.8) is 0 Å². The third-order valence-electron chi connectivity index (χ3n) is 4.83. The van der Waals surface area contributed by atoms with Gasteiger partial charge < -0.3 is 14.2 Å². The molecule has 0 saturated heterocycles. The van der Waals surface area contributed by atoms with E-state index in [0.717, 1.165) is 16.6 Å². The Balaban J connectivity index is 1.68. The summed E-state index contributed by atoms with van der Waals surface area (Å²) in [4.78, 5) is 9.27. The maximum absolute atomic E-state index is 5.44. The van der Waals surface area contributed by atoms with Crippen LogP contribution in [-0.2, 0) is 0 Å². The zero-order valence-corrected chi connectivity index (χ0v) is 16.6. The van der Waals surface area contributed by atoms with Gasteiger partial charge in [-0.1, -0.05) is 18.2 Å². The van der Waals surface area contributed by atoms with Crippen molar-refractivity contribution in [3.05, 3.63) is 55.0 Å². The van der Waals surface area contributed by atoms with Crippen LogP contribution in [0.15, 0.2) is 55.0 Å². The number of fused-ring (bicyclic) bond motifs is 3. The van der Waals surface area contributed by atoms with Crippen LogP contribution in [0.3, 0.4) is 0 Å².